The zero-order valence-corrected chi connectivity index (χ0v) is 8.86. The van der Waals surface area contributed by atoms with Gasteiger partial charge in [0.1, 0.15) is 0 Å². The first-order valence-electron chi connectivity index (χ1n) is 5.16. The molecule has 0 aromatic heterocycles. The maximum Gasteiger partial charge on any atom is 0.241 e. The molecule has 2 aliphatic rings. The minimum absolute atomic E-state index is 0.118. The molecule has 1 saturated heterocycles. The van der Waals surface area contributed by atoms with E-state index in [0.717, 1.165) is 25.3 Å². The van der Waals surface area contributed by atoms with Gasteiger partial charge in [-0.3, -0.25) is 9.79 Å². The van der Waals surface area contributed by atoms with Gasteiger partial charge in [-0.25, -0.2) is 0 Å². The highest BCUT2D eigenvalue weighted by molar-refractivity contribution is 5.90. The number of aliphatic imine (C=N–C) groups is 1. The topological polar surface area (TPSA) is 44.7 Å². The van der Waals surface area contributed by atoms with E-state index in [0.29, 0.717) is 6.54 Å². The number of carbonyl (C=O) groups excluding carboxylic acids is 1. The van der Waals surface area contributed by atoms with Crippen LogP contribution in [-0.2, 0) is 4.79 Å². The van der Waals surface area contributed by atoms with Gasteiger partial charge in [-0.2, -0.15) is 0 Å². The zero-order chi connectivity index (χ0) is 10.7. The molecule has 0 radical (unpaired) electrons. The van der Waals surface area contributed by atoms with E-state index >= 15 is 0 Å². The van der Waals surface area contributed by atoms with Crippen LogP contribution in [0.5, 0.6) is 0 Å². The molecule has 1 N–H and O–H groups in total. The van der Waals surface area contributed by atoms with Crippen molar-refractivity contribution in [2.24, 2.45) is 4.99 Å². The Bertz CT molecular complexity index is 355. The maximum atomic E-state index is 11.6. The summed E-state index contributed by atoms with van der Waals surface area (Å²) in [6.45, 7) is 4.76. The predicted octanol–water partition coefficient (Wildman–Crippen LogP) is 0.333. The number of nitrogens with one attached hydrogen (secondary N) is 1. The largest absolute Gasteiger partial charge is 0.309 e. The average Bonchev–Trinajstić information content (AvgIpc) is 2.44. The molecule has 0 saturated carbocycles. The third-order valence-corrected chi connectivity index (χ3v) is 2.50. The molecule has 0 bridgehead atoms. The Balaban J connectivity index is 2.18. The van der Waals surface area contributed by atoms with Crippen LogP contribution in [0.1, 0.15) is 6.92 Å². The Morgan fingerprint density at radius 2 is 2.33 bits per heavy atom. The van der Waals surface area contributed by atoms with Crippen molar-refractivity contribution in [2.75, 3.05) is 26.2 Å². The molecule has 0 aromatic rings. The number of allylic oxidation sites excluding steroid dienone is 3. The summed E-state index contributed by atoms with van der Waals surface area (Å²) >= 11 is 0. The second-order valence-electron chi connectivity index (χ2n) is 3.80. The smallest absolute Gasteiger partial charge is 0.241 e. The number of amides is 1. The van der Waals surface area contributed by atoms with Crippen molar-refractivity contribution >= 4 is 12.1 Å². The van der Waals surface area contributed by atoms with Gasteiger partial charge in [-0.15, -0.1) is 0 Å². The van der Waals surface area contributed by atoms with Gasteiger partial charge in [-0.05, 0) is 13.0 Å². The van der Waals surface area contributed by atoms with Gasteiger partial charge < -0.3 is 10.2 Å². The van der Waals surface area contributed by atoms with Crippen molar-refractivity contribution in [3.8, 4) is 0 Å². The van der Waals surface area contributed by atoms with Gasteiger partial charge in [0, 0.05) is 19.3 Å². The minimum Gasteiger partial charge on any atom is -0.309 e. The first-order chi connectivity index (χ1) is 7.27. The lowest BCUT2D eigenvalue weighted by Gasteiger charge is -2.27. The SMILES string of the molecule is CC1=CC=C(N2CCNCC2=O)C=NC1. The molecule has 15 heavy (non-hydrogen) atoms. The highest BCUT2D eigenvalue weighted by Gasteiger charge is 2.20. The normalized spacial score (nSPS) is 22.2. The Morgan fingerprint density at radius 3 is 3.13 bits per heavy atom. The van der Waals surface area contributed by atoms with E-state index in [1.54, 1.807) is 11.1 Å². The van der Waals surface area contributed by atoms with Crippen LogP contribution in [0.15, 0.2) is 28.4 Å². The molecule has 2 heterocycles. The Kier molecular flexibility index (Phi) is 2.97. The highest BCUT2D eigenvalue weighted by Crippen LogP contribution is 2.09. The van der Waals surface area contributed by atoms with Crippen LogP contribution in [0.4, 0.5) is 0 Å². The van der Waals surface area contributed by atoms with Crippen molar-refractivity contribution in [1.29, 1.82) is 0 Å². The molecule has 0 aliphatic carbocycles. The highest BCUT2D eigenvalue weighted by atomic mass is 16.2. The van der Waals surface area contributed by atoms with Crippen LogP contribution in [0.2, 0.25) is 0 Å². The molecule has 80 valence electrons. The van der Waals surface area contributed by atoms with Crippen LogP contribution < -0.4 is 5.32 Å². The van der Waals surface area contributed by atoms with E-state index in [9.17, 15) is 4.79 Å². The average molecular weight is 205 g/mol. The van der Waals surface area contributed by atoms with Crippen molar-refractivity contribution < 1.29 is 4.79 Å². The standard InChI is InChI=1S/C11H15N3O/c1-9-2-3-10(7-13-6-9)14-5-4-12-8-11(14)15/h2-3,7,12H,4-6,8H2,1H3. The van der Waals surface area contributed by atoms with E-state index in [2.05, 4.69) is 10.3 Å². The van der Waals surface area contributed by atoms with Crippen molar-refractivity contribution in [1.82, 2.24) is 10.2 Å². The summed E-state index contributed by atoms with van der Waals surface area (Å²) in [6.07, 6.45) is 5.78. The molecule has 0 unspecified atom stereocenters. The van der Waals surface area contributed by atoms with Gasteiger partial charge in [0.05, 0.1) is 18.8 Å². The zero-order valence-electron chi connectivity index (χ0n) is 8.86. The molecular weight excluding hydrogens is 190 g/mol. The summed E-state index contributed by atoms with van der Waals surface area (Å²) < 4.78 is 0. The Labute approximate surface area is 89.4 Å². The minimum atomic E-state index is 0.118. The molecule has 0 spiro atoms. The lowest BCUT2D eigenvalue weighted by Crippen LogP contribution is -2.47. The van der Waals surface area contributed by atoms with Crippen molar-refractivity contribution in [3.63, 3.8) is 0 Å². The monoisotopic (exact) mass is 205 g/mol. The van der Waals surface area contributed by atoms with E-state index < -0.39 is 0 Å². The predicted molar refractivity (Wildman–Crippen MR) is 59.8 cm³/mol. The molecule has 2 rings (SSSR count). The van der Waals surface area contributed by atoms with Crippen LogP contribution >= 0.6 is 0 Å². The number of rotatable bonds is 1. The first kappa shape index (κ1) is 10.1. The summed E-state index contributed by atoms with van der Waals surface area (Å²) in [5.41, 5.74) is 2.11. The lowest BCUT2D eigenvalue weighted by atomic mass is 10.2. The van der Waals surface area contributed by atoms with Crippen LogP contribution in [0, 0.1) is 0 Å². The second kappa shape index (κ2) is 4.40. The Hall–Kier alpha value is -1.42. The van der Waals surface area contributed by atoms with Gasteiger partial charge in [0.25, 0.3) is 0 Å². The molecule has 1 amide bonds. The van der Waals surface area contributed by atoms with Crippen LogP contribution in [0.3, 0.4) is 0 Å². The van der Waals surface area contributed by atoms with E-state index in [1.807, 2.05) is 19.1 Å². The third kappa shape index (κ3) is 2.33. The number of nitrogens with zero attached hydrogens (tertiary/aromatic N) is 2. The van der Waals surface area contributed by atoms with E-state index in [4.69, 9.17) is 0 Å². The molecule has 2 aliphatic heterocycles. The fraction of sp³-hybridized carbons (Fsp3) is 0.455. The summed E-state index contributed by atoms with van der Waals surface area (Å²) in [6, 6.07) is 0. The molecule has 4 heteroatoms. The molecule has 4 nitrogen and oxygen atoms in total. The van der Waals surface area contributed by atoms with Gasteiger partial charge in [0.2, 0.25) is 5.91 Å². The van der Waals surface area contributed by atoms with Gasteiger partial charge in [-0.1, -0.05) is 11.6 Å². The van der Waals surface area contributed by atoms with Crippen molar-refractivity contribution in [2.45, 2.75) is 6.92 Å². The third-order valence-electron chi connectivity index (χ3n) is 2.50. The quantitative estimate of drug-likeness (QED) is 0.670. The molecule has 0 aromatic carbocycles. The number of hydrogen-bond donors (Lipinski definition) is 1. The fourth-order valence-corrected chi connectivity index (χ4v) is 1.65. The summed E-state index contributed by atoms with van der Waals surface area (Å²) in [4.78, 5) is 17.7. The van der Waals surface area contributed by atoms with Crippen molar-refractivity contribution in [3.05, 3.63) is 23.4 Å². The fourth-order valence-electron chi connectivity index (χ4n) is 1.65. The van der Waals surface area contributed by atoms with E-state index in [-0.39, 0.29) is 5.91 Å². The summed E-state index contributed by atoms with van der Waals surface area (Å²) in [5, 5.41) is 3.05. The van der Waals surface area contributed by atoms with E-state index in [1.165, 1.54) is 5.57 Å². The lowest BCUT2D eigenvalue weighted by molar-refractivity contribution is -0.129. The summed E-state index contributed by atoms with van der Waals surface area (Å²) in [5.74, 6) is 0.118. The van der Waals surface area contributed by atoms with Gasteiger partial charge in [0.15, 0.2) is 0 Å². The number of hydrogen-bond acceptors (Lipinski definition) is 3. The number of piperazine rings is 1. The number of carbonyl (C=O) groups is 1. The summed E-state index contributed by atoms with van der Waals surface area (Å²) in [7, 11) is 0. The molecule has 0 atom stereocenters. The second-order valence-corrected chi connectivity index (χ2v) is 3.80. The van der Waals surface area contributed by atoms with Gasteiger partial charge >= 0.3 is 0 Å². The Morgan fingerprint density at radius 1 is 1.47 bits per heavy atom. The molecular formula is C11H15N3O. The molecule has 1 fully saturated rings. The maximum absolute atomic E-state index is 11.6. The van der Waals surface area contributed by atoms with Crippen LogP contribution in [-0.4, -0.2) is 43.2 Å². The van der Waals surface area contributed by atoms with Crippen LogP contribution in [0.25, 0.3) is 0 Å². The first-order valence-corrected chi connectivity index (χ1v) is 5.16.